The number of nitrogens with zero attached hydrogens (tertiary/aromatic N) is 4. The second-order valence-electron chi connectivity index (χ2n) is 9.00. The first-order valence-corrected chi connectivity index (χ1v) is 12.5. The molecule has 0 radical (unpaired) electrons. The predicted octanol–water partition coefficient (Wildman–Crippen LogP) is 6.36. The van der Waals surface area contributed by atoms with Crippen molar-refractivity contribution in [1.82, 2.24) is 19.5 Å². The summed E-state index contributed by atoms with van der Waals surface area (Å²) in [5.41, 5.74) is 11.5. The fourth-order valence-electron chi connectivity index (χ4n) is 4.87. The van der Waals surface area contributed by atoms with Crippen molar-refractivity contribution >= 4 is 55.8 Å². The second-order valence-corrected chi connectivity index (χ2v) is 10.0. The molecule has 6 rings (SSSR count). The van der Waals surface area contributed by atoms with E-state index in [2.05, 4.69) is 31.4 Å². The minimum atomic E-state index is -0.288. The van der Waals surface area contributed by atoms with Gasteiger partial charge in [0.25, 0.3) is 0 Å². The zero-order valence-corrected chi connectivity index (χ0v) is 20.1. The number of rotatable bonds is 4. The topological polar surface area (TPSA) is 111 Å². The lowest BCUT2D eigenvalue weighted by atomic mass is 10.2. The molecule has 0 spiro atoms. The van der Waals surface area contributed by atoms with Gasteiger partial charge in [-0.05, 0) is 55.7 Å². The molecule has 1 aliphatic rings. The highest BCUT2D eigenvalue weighted by atomic mass is 32.1. The number of hydrogen-bond acceptors (Lipinski definition) is 6. The van der Waals surface area contributed by atoms with Crippen molar-refractivity contribution in [3.05, 3.63) is 60.6 Å². The van der Waals surface area contributed by atoms with Crippen LogP contribution < -0.4 is 16.4 Å². The van der Waals surface area contributed by atoms with E-state index in [1.54, 1.807) is 11.3 Å². The van der Waals surface area contributed by atoms with Gasteiger partial charge < -0.3 is 20.9 Å². The monoisotopic (exact) mass is 483 g/mol. The molecular weight excluding hydrogens is 458 g/mol. The van der Waals surface area contributed by atoms with E-state index in [0.717, 1.165) is 55.9 Å². The lowest BCUT2D eigenvalue weighted by molar-refractivity contribution is 0.262. The van der Waals surface area contributed by atoms with Crippen LogP contribution in [0.15, 0.2) is 55.0 Å². The summed E-state index contributed by atoms with van der Waals surface area (Å²) >= 11 is 1.57. The zero-order valence-electron chi connectivity index (χ0n) is 19.3. The third-order valence-corrected chi connectivity index (χ3v) is 7.56. The van der Waals surface area contributed by atoms with Gasteiger partial charge in [0.1, 0.15) is 22.8 Å². The van der Waals surface area contributed by atoms with E-state index in [-0.39, 0.29) is 6.03 Å². The van der Waals surface area contributed by atoms with E-state index in [9.17, 15) is 4.79 Å². The number of carbonyl (C=O) groups excluding carboxylic acids is 1. The van der Waals surface area contributed by atoms with Crippen LogP contribution in [0.1, 0.15) is 37.3 Å². The Morgan fingerprint density at radius 3 is 2.69 bits per heavy atom. The van der Waals surface area contributed by atoms with Gasteiger partial charge in [0.2, 0.25) is 0 Å². The Morgan fingerprint density at radius 2 is 1.89 bits per heavy atom. The molecule has 4 N–H and O–H groups in total. The molecule has 0 atom stereocenters. The summed E-state index contributed by atoms with van der Waals surface area (Å²) in [7, 11) is 0. The second kappa shape index (κ2) is 8.66. The number of fused-ring (bicyclic) bond motifs is 2. The number of aromatic nitrogens is 4. The van der Waals surface area contributed by atoms with Gasteiger partial charge in [0.05, 0.1) is 15.6 Å². The molecule has 9 heteroatoms. The van der Waals surface area contributed by atoms with E-state index in [1.807, 2.05) is 49.4 Å². The number of aryl methyl sites for hydroxylation is 1. The first-order chi connectivity index (χ1) is 17.0. The van der Waals surface area contributed by atoms with Crippen LogP contribution in [0.5, 0.6) is 0 Å². The van der Waals surface area contributed by atoms with Gasteiger partial charge in [-0.1, -0.05) is 25.0 Å². The Bertz CT molecular complexity index is 1570. The number of hydrogen-bond donors (Lipinski definition) is 3. The van der Waals surface area contributed by atoms with Crippen LogP contribution in [0.4, 0.5) is 22.0 Å². The molecule has 0 aliphatic heterocycles. The minimum absolute atomic E-state index is 0.288. The van der Waals surface area contributed by atoms with Gasteiger partial charge in [-0.2, -0.15) is 0 Å². The number of urea groups is 1. The van der Waals surface area contributed by atoms with Gasteiger partial charge in [-0.15, -0.1) is 11.3 Å². The lowest BCUT2D eigenvalue weighted by Crippen LogP contribution is -2.19. The maximum absolute atomic E-state index is 12.5. The maximum Gasteiger partial charge on any atom is 0.323 e. The third-order valence-electron chi connectivity index (χ3n) is 6.51. The number of carbonyl (C=O) groups is 1. The molecule has 1 saturated carbocycles. The highest BCUT2D eigenvalue weighted by molar-refractivity contribution is 7.21. The highest BCUT2D eigenvalue weighted by Crippen LogP contribution is 2.41. The first-order valence-electron chi connectivity index (χ1n) is 11.7. The Morgan fingerprint density at radius 1 is 1.09 bits per heavy atom. The van der Waals surface area contributed by atoms with E-state index in [4.69, 9.17) is 10.7 Å². The largest absolute Gasteiger partial charge is 0.383 e. The third kappa shape index (κ3) is 4.08. The summed E-state index contributed by atoms with van der Waals surface area (Å²) in [6, 6.07) is 13.6. The molecule has 1 aliphatic carbocycles. The first kappa shape index (κ1) is 21.5. The van der Waals surface area contributed by atoms with Gasteiger partial charge >= 0.3 is 6.03 Å². The summed E-state index contributed by atoms with van der Waals surface area (Å²) in [6.45, 7) is 1.99. The van der Waals surface area contributed by atoms with E-state index < -0.39 is 0 Å². The molecule has 0 bridgehead atoms. The molecule has 176 valence electrons. The average molecular weight is 484 g/mol. The SMILES string of the molecule is Cc1cccc(NC(=O)Nc2ccc3nc(-c4cn(C5CCCC5)c5ncnc(N)c45)sc3c2)c1. The van der Waals surface area contributed by atoms with Crippen molar-refractivity contribution < 1.29 is 4.79 Å². The Labute approximate surface area is 206 Å². The molecule has 0 unspecified atom stereocenters. The fraction of sp³-hybridized carbons (Fsp3) is 0.231. The number of amides is 2. The van der Waals surface area contributed by atoms with Crippen LogP contribution in [0.25, 0.3) is 31.8 Å². The van der Waals surface area contributed by atoms with Gasteiger partial charge in [-0.3, -0.25) is 0 Å². The summed E-state index contributed by atoms with van der Waals surface area (Å²) in [5, 5.41) is 7.51. The molecule has 35 heavy (non-hydrogen) atoms. The summed E-state index contributed by atoms with van der Waals surface area (Å²) in [4.78, 5) is 26.2. The van der Waals surface area contributed by atoms with E-state index in [1.165, 1.54) is 19.2 Å². The van der Waals surface area contributed by atoms with Gasteiger partial charge in [-0.25, -0.2) is 19.7 Å². The minimum Gasteiger partial charge on any atom is -0.383 e. The molecule has 2 amide bonds. The quantitative estimate of drug-likeness (QED) is 0.275. The Balaban J connectivity index is 1.32. The summed E-state index contributed by atoms with van der Waals surface area (Å²) in [5.74, 6) is 0.469. The van der Waals surface area contributed by atoms with Gasteiger partial charge in [0.15, 0.2) is 0 Å². The normalized spacial score (nSPS) is 14.1. The number of thiazole rings is 1. The molecule has 2 aromatic carbocycles. The summed E-state index contributed by atoms with van der Waals surface area (Å²) in [6.07, 6.45) is 8.42. The van der Waals surface area contributed by atoms with Crippen LogP contribution in [-0.2, 0) is 0 Å². The van der Waals surface area contributed by atoms with Crippen LogP contribution in [0.2, 0.25) is 0 Å². The predicted molar refractivity (Wildman–Crippen MR) is 142 cm³/mol. The van der Waals surface area contributed by atoms with Crippen molar-refractivity contribution in [3.8, 4) is 10.6 Å². The molecule has 5 aromatic rings. The number of nitrogens with one attached hydrogen (secondary N) is 2. The maximum atomic E-state index is 12.5. The number of nitrogen functional groups attached to an aromatic ring is 1. The smallest absolute Gasteiger partial charge is 0.323 e. The van der Waals surface area contributed by atoms with Crippen LogP contribution in [0, 0.1) is 6.92 Å². The van der Waals surface area contributed by atoms with Crippen LogP contribution in [0.3, 0.4) is 0 Å². The van der Waals surface area contributed by atoms with Crippen LogP contribution >= 0.6 is 11.3 Å². The standard InChI is InChI=1S/C26H25N7OS/c1-15-5-4-6-16(11-15)30-26(34)31-17-9-10-20-21(12-17)35-25(32-20)19-13-33(18-7-2-3-8-18)24-22(19)23(27)28-14-29-24/h4-6,9-14,18H,2-3,7-8H2,1H3,(H2,27,28,29)(H2,30,31,34). The number of benzene rings is 2. The van der Waals surface area contributed by atoms with E-state index in [0.29, 0.717) is 17.5 Å². The molecule has 1 fully saturated rings. The van der Waals surface area contributed by atoms with Crippen molar-refractivity contribution in [2.75, 3.05) is 16.4 Å². The summed E-state index contributed by atoms with van der Waals surface area (Å²) < 4.78 is 3.23. The van der Waals surface area contributed by atoms with Crippen molar-refractivity contribution in [2.24, 2.45) is 0 Å². The van der Waals surface area contributed by atoms with Crippen molar-refractivity contribution in [1.29, 1.82) is 0 Å². The average Bonchev–Trinajstić information content (AvgIpc) is 3.57. The Hall–Kier alpha value is -3.98. The number of anilines is 3. The molecule has 3 heterocycles. The molecule has 8 nitrogen and oxygen atoms in total. The van der Waals surface area contributed by atoms with Crippen molar-refractivity contribution in [3.63, 3.8) is 0 Å². The molecular formula is C26H25N7OS. The molecule has 0 saturated heterocycles. The zero-order chi connectivity index (χ0) is 23.9. The fourth-order valence-corrected chi connectivity index (χ4v) is 5.89. The highest BCUT2D eigenvalue weighted by Gasteiger charge is 2.24. The molecule has 3 aromatic heterocycles. The lowest BCUT2D eigenvalue weighted by Gasteiger charge is -2.12. The van der Waals surface area contributed by atoms with E-state index >= 15 is 0 Å². The van der Waals surface area contributed by atoms with Crippen molar-refractivity contribution in [2.45, 2.75) is 38.6 Å². The van der Waals surface area contributed by atoms with Gasteiger partial charge in [0, 0.05) is 29.2 Å². The number of nitrogens with two attached hydrogens (primary N) is 1. The van der Waals surface area contributed by atoms with Crippen LogP contribution in [-0.4, -0.2) is 25.6 Å². The Kier molecular flexibility index (Phi) is 5.33.